The van der Waals surface area contributed by atoms with Gasteiger partial charge in [-0.3, -0.25) is 0 Å². The topological polar surface area (TPSA) is 46.5 Å². The lowest BCUT2D eigenvalue weighted by molar-refractivity contribution is -0.131. The van der Waals surface area contributed by atoms with Crippen LogP contribution in [-0.2, 0) is 4.79 Å². The van der Waals surface area contributed by atoms with Gasteiger partial charge in [0.2, 0.25) is 0 Å². The number of benzene rings is 2. The molecule has 0 radical (unpaired) electrons. The Bertz CT molecular complexity index is 685. The lowest BCUT2D eigenvalue weighted by Gasteiger charge is -2.09. The monoisotopic (exact) mass is 286 g/mol. The summed E-state index contributed by atoms with van der Waals surface area (Å²) in [7, 11) is 0. The molecule has 0 aliphatic rings. The number of aryl methyl sites for hydroxylation is 2. The van der Waals surface area contributed by atoms with E-state index in [0.29, 0.717) is 17.1 Å². The van der Waals surface area contributed by atoms with E-state index in [0.717, 1.165) is 17.2 Å². The van der Waals surface area contributed by atoms with Gasteiger partial charge in [0.1, 0.15) is 17.3 Å². The van der Waals surface area contributed by atoms with Crippen molar-refractivity contribution in [2.45, 2.75) is 13.8 Å². The van der Waals surface area contributed by atoms with E-state index in [-0.39, 0.29) is 0 Å². The highest BCUT2D eigenvalue weighted by Crippen LogP contribution is 2.26. The van der Waals surface area contributed by atoms with Crippen molar-refractivity contribution in [3.05, 3.63) is 65.0 Å². The van der Waals surface area contributed by atoms with Crippen molar-refractivity contribution in [2.24, 2.45) is 0 Å². The Hall–Kier alpha value is -2.62. The van der Waals surface area contributed by atoms with Crippen molar-refractivity contribution in [3.8, 4) is 11.5 Å². The molecule has 0 heterocycles. The summed E-state index contributed by atoms with van der Waals surface area (Å²) in [5, 5.41) is 8.60. The van der Waals surface area contributed by atoms with Crippen molar-refractivity contribution < 1.29 is 19.0 Å². The van der Waals surface area contributed by atoms with Gasteiger partial charge in [-0.15, -0.1) is 0 Å². The summed E-state index contributed by atoms with van der Waals surface area (Å²) >= 11 is 0. The normalized spacial score (nSPS) is 10.8. The Kier molecular flexibility index (Phi) is 4.38. The molecule has 0 amide bonds. The van der Waals surface area contributed by atoms with Crippen LogP contribution in [0.3, 0.4) is 0 Å². The average molecular weight is 286 g/mol. The molecule has 0 spiro atoms. The number of carboxylic acid groups (broad SMARTS) is 1. The summed E-state index contributed by atoms with van der Waals surface area (Å²) in [6.45, 7) is 3.90. The van der Waals surface area contributed by atoms with E-state index in [2.05, 4.69) is 0 Å². The number of rotatable bonds is 4. The molecule has 0 unspecified atom stereocenters. The lowest BCUT2D eigenvalue weighted by Crippen LogP contribution is -1.90. The summed E-state index contributed by atoms with van der Waals surface area (Å²) in [5.41, 5.74) is 2.52. The second-order valence-electron chi connectivity index (χ2n) is 4.82. The van der Waals surface area contributed by atoms with Gasteiger partial charge in [0, 0.05) is 12.1 Å². The van der Waals surface area contributed by atoms with E-state index < -0.39 is 11.8 Å². The van der Waals surface area contributed by atoms with Crippen LogP contribution in [0.5, 0.6) is 11.5 Å². The van der Waals surface area contributed by atoms with E-state index in [1.54, 1.807) is 6.07 Å². The number of aliphatic carboxylic acids is 1. The second-order valence-corrected chi connectivity index (χ2v) is 4.82. The maximum atomic E-state index is 13.6. The summed E-state index contributed by atoms with van der Waals surface area (Å²) in [5.74, 6) is -0.630. The SMILES string of the molecule is Cc1cc(C)cc(Oc2cc(F)cc(/C=C/C(=O)O)c2)c1. The van der Waals surface area contributed by atoms with Gasteiger partial charge in [0.15, 0.2) is 0 Å². The Balaban J connectivity index is 2.29. The van der Waals surface area contributed by atoms with Crippen molar-refractivity contribution >= 4 is 12.0 Å². The first-order chi connectivity index (χ1) is 9.92. The number of carboxylic acids is 1. The maximum Gasteiger partial charge on any atom is 0.328 e. The third-order valence-corrected chi connectivity index (χ3v) is 2.74. The van der Waals surface area contributed by atoms with Gasteiger partial charge in [-0.05, 0) is 60.9 Å². The fourth-order valence-electron chi connectivity index (χ4n) is 2.03. The fourth-order valence-corrected chi connectivity index (χ4v) is 2.03. The van der Waals surface area contributed by atoms with Crippen LogP contribution >= 0.6 is 0 Å². The van der Waals surface area contributed by atoms with Crippen LogP contribution in [0.25, 0.3) is 6.08 Å². The summed E-state index contributed by atoms with van der Waals surface area (Å²) in [6, 6.07) is 9.80. The third kappa shape index (κ3) is 4.45. The Morgan fingerprint density at radius 1 is 1.05 bits per heavy atom. The number of hydrogen-bond donors (Lipinski definition) is 1. The van der Waals surface area contributed by atoms with Crippen LogP contribution in [0.1, 0.15) is 16.7 Å². The molecule has 0 aliphatic heterocycles. The van der Waals surface area contributed by atoms with E-state index >= 15 is 0 Å². The summed E-state index contributed by atoms with van der Waals surface area (Å²) < 4.78 is 19.2. The standard InChI is InChI=1S/C17H15FO3/c1-11-5-12(2)7-15(6-11)21-16-9-13(3-4-17(19)20)8-14(18)10-16/h3-10H,1-2H3,(H,19,20)/b4-3+. The molecule has 0 saturated carbocycles. The molecule has 3 nitrogen and oxygen atoms in total. The Morgan fingerprint density at radius 3 is 2.29 bits per heavy atom. The van der Waals surface area contributed by atoms with E-state index in [4.69, 9.17) is 9.84 Å². The van der Waals surface area contributed by atoms with Gasteiger partial charge in [-0.1, -0.05) is 6.07 Å². The van der Waals surface area contributed by atoms with E-state index in [1.807, 2.05) is 32.0 Å². The summed E-state index contributed by atoms with van der Waals surface area (Å²) in [6.07, 6.45) is 2.27. The van der Waals surface area contributed by atoms with Gasteiger partial charge in [-0.2, -0.15) is 0 Å². The zero-order chi connectivity index (χ0) is 15.4. The molecule has 0 atom stereocenters. The minimum absolute atomic E-state index is 0.324. The number of halogens is 1. The quantitative estimate of drug-likeness (QED) is 0.851. The highest BCUT2D eigenvalue weighted by atomic mass is 19.1. The first kappa shape index (κ1) is 14.8. The van der Waals surface area contributed by atoms with Gasteiger partial charge in [0.25, 0.3) is 0 Å². The molecule has 108 valence electrons. The minimum Gasteiger partial charge on any atom is -0.478 e. The molecule has 0 saturated heterocycles. The lowest BCUT2D eigenvalue weighted by atomic mass is 10.1. The largest absolute Gasteiger partial charge is 0.478 e. The zero-order valence-corrected chi connectivity index (χ0v) is 11.8. The van der Waals surface area contributed by atoms with Crippen LogP contribution < -0.4 is 4.74 Å². The third-order valence-electron chi connectivity index (χ3n) is 2.74. The Morgan fingerprint density at radius 2 is 1.67 bits per heavy atom. The van der Waals surface area contributed by atoms with Crippen molar-refractivity contribution in [3.63, 3.8) is 0 Å². The average Bonchev–Trinajstić information content (AvgIpc) is 2.34. The molecule has 0 aromatic heterocycles. The van der Waals surface area contributed by atoms with Gasteiger partial charge >= 0.3 is 5.97 Å². The first-order valence-corrected chi connectivity index (χ1v) is 6.40. The van der Waals surface area contributed by atoms with Crippen molar-refractivity contribution in [1.82, 2.24) is 0 Å². The smallest absolute Gasteiger partial charge is 0.328 e. The second kappa shape index (κ2) is 6.22. The van der Waals surface area contributed by atoms with Gasteiger partial charge in [-0.25, -0.2) is 9.18 Å². The number of ether oxygens (including phenoxy) is 1. The van der Waals surface area contributed by atoms with E-state index in [1.165, 1.54) is 18.2 Å². The van der Waals surface area contributed by atoms with Crippen LogP contribution in [0, 0.1) is 19.7 Å². The van der Waals surface area contributed by atoms with Gasteiger partial charge < -0.3 is 9.84 Å². The molecule has 4 heteroatoms. The summed E-state index contributed by atoms with van der Waals surface area (Å²) in [4.78, 5) is 10.5. The predicted octanol–water partition coefficient (Wildman–Crippen LogP) is 4.33. The van der Waals surface area contributed by atoms with Crippen LogP contribution in [0.4, 0.5) is 4.39 Å². The fraction of sp³-hybridized carbons (Fsp3) is 0.118. The number of carbonyl (C=O) groups is 1. The molecule has 2 aromatic carbocycles. The highest BCUT2D eigenvalue weighted by molar-refractivity contribution is 5.85. The first-order valence-electron chi connectivity index (χ1n) is 6.40. The highest BCUT2D eigenvalue weighted by Gasteiger charge is 2.03. The minimum atomic E-state index is -1.09. The molecule has 21 heavy (non-hydrogen) atoms. The zero-order valence-electron chi connectivity index (χ0n) is 11.8. The molecule has 1 N–H and O–H groups in total. The molecule has 2 rings (SSSR count). The van der Waals surface area contributed by atoms with Gasteiger partial charge in [0.05, 0.1) is 0 Å². The molecule has 0 bridgehead atoms. The molecule has 0 aliphatic carbocycles. The molecule has 0 fully saturated rings. The van der Waals surface area contributed by atoms with Crippen molar-refractivity contribution in [2.75, 3.05) is 0 Å². The predicted molar refractivity (Wildman–Crippen MR) is 79.1 cm³/mol. The molecule has 2 aromatic rings. The van der Waals surface area contributed by atoms with E-state index in [9.17, 15) is 9.18 Å². The van der Waals surface area contributed by atoms with Crippen LogP contribution in [0.2, 0.25) is 0 Å². The molecular formula is C17H15FO3. The van der Waals surface area contributed by atoms with Crippen LogP contribution in [-0.4, -0.2) is 11.1 Å². The maximum absolute atomic E-state index is 13.6. The van der Waals surface area contributed by atoms with Crippen LogP contribution in [0.15, 0.2) is 42.5 Å². The van der Waals surface area contributed by atoms with Crippen molar-refractivity contribution in [1.29, 1.82) is 0 Å². The number of hydrogen-bond acceptors (Lipinski definition) is 2. The Labute approximate surface area is 122 Å². The molecular weight excluding hydrogens is 271 g/mol.